The molecule has 0 spiro atoms. The zero-order valence-electron chi connectivity index (χ0n) is 11.7. The van der Waals surface area contributed by atoms with Crippen molar-refractivity contribution in [3.05, 3.63) is 67.0 Å². The molecule has 3 aromatic heterocycles. The number of pyridine rings is 1. The van der Waals surface area contributed by atoms with E-state index in [0.717, 1.165) is 0 Å². The molecule has 5 rings (SSSR count). The van der Waals surface area contributed by atoms with Gasteiger partial charge in [0.25, 0.3) is 0 Å². The van der Waals surface area contributed by atoms with Gasteiger partial charge in [-0.2, -0.15) is 0 Å². The van der Waals surface area contributed by atoms with E-state index in [1.165, 1.54) is 38.1 Å². The van der Waals surface area contributed by atoms with Crippen molar-refractivity contribution < 1.29 is 0 Å². The number of benzene rings is 2. The van der Waals surface area contributed by atoms with Crippen LogP contribution in [0, 0.1) is 0 Å². The van der Waals surface area contributed by atoms with E-state index < -0.39 is 0 Å². The van der Waals surface area contributed by atoms with Crippen LogP contribution in [-0.4, -0.2) is 8.97 Å². The van der Waals surface area contributed by atoms with Gasteiger partial charge in [0.1, 0.15) is 0 Å². The Bertz CT molecular complexity index is 1140. The van der Waals surface area contributed by atoms with E-state index in [9.17, 15) is 0 Å². The van der Waals surface area contributed by atoms with Crippen LogP contribution in [-0.2, 0) is 7.05 Å². The molecule has 2 nitrogen and oxygen atoms in total. The quantitative estimate of drug-likeness (QED) is 0.360. The fourth-order valence-electron chi connectivity index (χ4n) is 3.56. The normalized spacial score (nSPS) is 12.0. The molecule has 0 amide bonds. The minimum absolute atomic E-state index is 1.26. The summed E-state index contributed by atoms with van der Waals surface area (Å²) < 4.78 is 4.48. The van der Waals surface area contributed by atoms with Crippen LogP contribution in [0.15, 0.2) is 67.0 Å². The van der Waals surface area contributed by atoms with Crippen molar-refractivity contribution in [2.75, 3.05) is 0 Å². The Labute approximate surface area is 121 Å². The van der Waals surface area contributed by atoms with Crippen LogP contribution < -0.4 is 0 Å². The van der Waals surface area contributed by atoms with Gasteiger partial charge in [-0.05, 0) is 35.7 Å². The molecule has 0 saturated heterocycles. The monoisotopic (exact) mass is 270 g/mol. The number of aryl methyl sites for hydroxylation is 1. The molecule has 0 fully saturated rings. The maximum atomic E-state index is 2.30. The highest BCUT2D eigenvalue weighted by Gasteiger charge is 2.11. The fourth-order valence-corrected chi connectivity index (χ4v) is 3.56. The molecule has 5 aromatic rings. The molecule has 0 aliphatic rings. The van der Waals surface area contributed by atoms with Gasteiger partial charge in [-0.15, -0.1) is 0 Å². The van der Waals surface area contributed by atoms with Crippen molar-refractivity contribution in [3.8, 4) is 0 Å². The number of rotatable bonds is 0. The van der Waals surface area contributed by atoms with E-state index in [0.29, 0.717) is 0 Å². The molecule has 0 saturated carbocycles. The van der Waals surface area contributed by atoms with Crippen molar-refractivity contribution in [1.29, 1.82) is 0 Å². The number of hydrogen-bond acceptors (Lipinski definition) is 0. The molecular formula is C19H14N2. The first-order chi connectivity index (χ1) is 10.3. The van der Waals surface area contributed by atoms with Gasteiger partial charge >= 0.3 is 0 Å². The summed E-state index contributed by atoms with van der Waals surface area (Å²) >= 11 is 0. The maximum Gasteiger partial charge on any atom is 0.0541 e. The van der Waals surface area contributed by atoms with Gasteiger partial charge in [0.05, 0.1) is 11.0 Å². The maximum absolute atomic E-state index is 2.30. The van der Waals surface area contributed by atoms with Crippen LogP contribution in [0.1, 0.15) is 0 Å². The second kappa shape index (κ2) is 3.67. The van der Waals surface area contributed by atoms with Gasteiger partial charge in [-0.3, -0.25) is 0 Å². The van der Waals surface area contributed by atoms with Gasteiger partial charge < -0.3 is 8.97 Å². The summed E-state index contributed by atoms with van der Waals surface area (Å²) in [5.41, 5.74) is 3.82. The minimum atomic E-state index is 1.26. The van der Waals surface area contributed by atoms with Crippen LogP contribution >= 0.6 is 0 Å². The third kappa shape index (κ3) is 1.27. The van der Waals surface area contributed by atoms with E-state index in [1.54, 1.807) is 0 Å². The average Bonchev–Trinajstić information content (AvgIpc) is 3.14. The molecule has 0 bridgehead atoms. The molecule has 2 aromatic carbocycles. The lowest BCUT2D eigenvalue weighted by Crippen LogP contribution is -1.90. The fraction of sp³-hybridized carbons (Fsp3) is 0.0526. The average molecular weight is 270 g/mol. The molecule has 0 atom stereocenters. The number of nitrogens with zero attached hydrogens (tertiary/aromatic N) is 2. The zero-order chi connectivity index (χ0) is 14.0. The summed E-state index contributed by atoms with van der Waals surface area (Å²) in [6.07, 6.45) is 4.29. The molecule has 0 N–H and O–H groups in total. The van der Waals surface area contributed by atoms with Gasteiger partial charge in [0.2, 0.25) is 0 Å². The largest absolute Gasteiger partial charge is 0.351 e. The third-order valence-corrected chi connectivity index (χ3v) is 4.53. The Morgan fingerprint density at radius 1 is 0.619 bits per heavy atom. The van der Waals surface area contributed by atoms with Crippen LogP contribution in [0.25, 0.3) is 38.1 Å². The lowest BCUT2D eigenvalue weighted by Gasteiger charge is -2.10. The summed E-state index contributed by atoms with van der Waals surface area (Å²) in [5.74, 6) is 0. The molecule has 0 unspecified atom stereocenters. The standard InChI is InChI=1S/C19H14N2/c1-20-12-10-15-16(20)9-8-14-13-5-2-3-6-17(13)21-11-4-7-18(21)19(14)15/h2-12H,1H3. The molecule has 0 radical (unpaired) electrons. The Morgan fingerprint density at radius 2 is 1.48 bits per heavy atom. The number of fused-ring (bicyclic) bond motifs is 8. The first kappa shape index (κ1) is 11.0. The van der Waals surface area contributed by atoms with Crippen LogP contribution in [0.4, 0.5) is 0 Å². The Balaban J connectivity index is 2.24. The summed E-state index contributed by atoms with van der Waals surface area (Å²) in [7, 11) is 2.10. The molecule has 21 heavy (non-hydrogen) atoms. The van der Waals surface area contributed by atoms with E-state index in [1.807, 2.05) is 0 Å². The van der Waals surface area contributed by atoms with Crippen LogP contribution in [0.3, 0.4) is 0 Å². The smallest absolute Gasteiger partial charge is 0.0541 e. The van der Waals surface area contributed by atoms with Crippen molar-refractivity contribution >= 4 is 38.1 Å². The minimum Gasteiger partial charge on any atom is -0.351 e. The van der Waals surface area contributed by atoms with Gasteiger partial charge in [0, 0.05) is 41.1 Å². The van der Waals surface area contributed by atoms with E-state index in [-0.39, 0.29) is 0 Å². The van der Waals surface area contributed by atoms with Crippen molar-refractivity contribution in [2.24, 2.45) is 7.05 Å². The second-order valence-electron chi connectivity index (χ2n) is 5.63. The van der Waals surface area contributed by atoms with E-state index in [4.69, 9.17) is 0 Å². The summed E-state index contributed by atoms with van der Waals surface area (Å²) in [4.78, 5) is 0. The Kier molecular flexibility index (Phi) is 1.92. The number of para-hydroxylation sites is 1. The molecule has 100 valence electrons. The topological polar surface area (TPSA) is 9.34 Å². The lowest BCUT2D eigenvalue weighted by molar-refractivity contribution is 0.969. The highest BCUT2D eigenvalue weighted by Crippen LogP contribution is 2.35. The third-order valence-electron chi connectivity index (χ3n) is 4.53. The van der Waals surface area contributed by atoms with Crippen molar-refractivity contribution in [1.82, 2.24) is 8.97 Å². The zero-order valence-corrected chi connectivity index (χ0v) is 11.7. The Hall–Kier alpha value is -2.74. The second-order valence-corrected chi connectivity index (χ2v) is 5.63. The lowest BCUT2D eigenvalue weighted by atomic mass is 10.0. The molecule has 3 heterocycles. The molecular weight excluding hydrogens is 256 g/mol. The first-order valence-corrected chi connectivity index (χ1v) is 7.20. The number of hydrogen-bond donors (Lipinski definition) is 0. The van der Waals surface area contributed by atoms with Gasteiger partial charge in [-0.1, -0.05) is 24.3 Å². The molecule has 0 aliphatic heterocycles. The summed E-state index contributed by atoms with van der Waals surface area (Å²) in [6.45, 7) is 0. The predicted octanol–water partition coefficient (Wildman–Crippen LogP) is 4.74. The predicted molar refractivity (Wildman–Crippen MR) is 88.9 cm³/mol. The van der Waals surface area contributed by atoms with Crippen LogP contribution in [0.5, 0.6) is 0 Å². The van der Waals surface area contributed by atoms with Crippen LogP contribution in [0.2, 0.25) is 0 Å². The first-order valence-electron chi connectivity index (χ1n) is 7.20. The highest BCUT2D eigenvalue weighted by molar-refractivity contribution is 6.22. The molecule has 2 heteroatoms. The van der Waals surface area contributed by atoms with E-state index in [2.05, 4.69) is 83.0 Å². The van der Waals surface area contributed by atoms with Gasteiger partial charge in [0.15, 0.2) is 0 Å². The van der Waals surface area contributed by atoms with E-state index >= 15 is 0 Å². The summed E-state index contributed by atoms with van der Waals surface area (Å²) in [6, 6.07) is 19.7. The Morgan fingerprint density at radius 3 is 2.43 bits per heavy atom. The van der Waals surface area contributed by atoms with Crippen molar-refractivity contribution in [2.45, 2.75) is 0 Å². The summed E-state index contributed by atoms with van der Waals surface area (Å²) in [5, 5.41) is 5.30. The number of aromatic nitrogens is 2. The van der Waals surface area contributed by atoms with Gasteiger partial charge in [-0.25, -0.2) is 0 Å². The SMILES string of the molecule is Cn1ccc2c3c(ccc21)c1ccccc1n1cccc31. The highest BCUT2D eigenvalue weighted by atomic mass is 14.9. The molecule has 0 aliphatic carbocycles. The van der Waals surface area contributed by atoms with Crippen molar-refractivity contribution in [3.63, 3.8) is 0 Å².